The minimum atomic E-state index is 0.0251. The lowest BCUT2D eigenvalue weighted by Gasteiger charge is -2.42. The zero-order chi connectivity index (χ0) is 35.4. The molecule has 0 radical (unpaired) electrons. The number of rotatable bonds is 6. The largest absolute Gasteiger partial charge is 0.355 e. The van der Waals surface area contributed by atoms with Crippen molar-refractivity contribution >= 4 is 28.4 Å². The molecule has 254 valence electrons. The average Bonchev–Trinajstić information content (AvgIpc) is 3.03. The highest BCUT2D eigenvalue weighted by atomic mass is 15.1. The number of anilines is 5. The quantitative estimate of drug-likeness (QED) is 0.197. The van der Waals surface area contributed by atoms with E-state index in [9.17, 15) is 0 Å². The molecule has 2 nitrogen and oxygen atoms in total. The maximum atomic E-state index is 3.74. The number of nitrogens with one attached hydrogen (secondary N) is 1. The van der Waals surface area contributed by atoms with Crippen LogP contribution in [0, 0.1) is 6.92 Å². The molecule has 0 amide bonds. The highest BCUT2D eigenvalue weighted by Gasteiger charge is 2.37. The molecule has 0 fully saturated rings. The number of benzene rings is 5. The molecule has 0 bridgehead atoms. The molecule has 0 saturated heterocycles. The van der Waals surface area contributed by atoms with Gasteiger partial charge in [0.05, 0.1) is 5.69 Å². The number of hydrogen-bond donors (Lipinski definition) is 1. The van der Waals surface area contributed by atoms with Gasteiger partial charge in [0, 0.05) is 28.3 Å². The van der Waals surface area contributed by atoms with E-state index in [1.165, 1.54) is 63.2 Å². The average molecular weight is 649 g/mol. The fourth-order valence-corrected chi connectivity index (χ4v) is 7.37. The minimum absolute atomic E-state index is 0.0251. The van der Waals surface area contributed by atoms with E-state index >= 15 is 0 Å². The van der Waals surface area contributed by atoms with Crippen LogP contribution in [-0.4, -0.2) is 0 Å². The molecule has 1 aliphatic rings. The predicted molar refractivity (Wildman–Crippen MR) is 214 cm³/mol. The molecule has 0 heterocycles. The Balaban J connectivity index is 1.56. The highest BCUT2D eigenvalue weighted by Crippen LogP contribution is 2.49. The van der Waals surface area contributed by atoms with Crippen molar-refractivity contribution in [1.29, 1.82) is 0 Å². The van der Waals surface area contributed by atoms with Gasteiger partial charge in [0.15, 0.2) is 0 Å². The van der Waals surface area contributed by atoms with E-state index in [1.54, 1.807) is 0 Å². The van der Waals surface area contributed by atoms with Gasteiger partial charge in [-0.15, -0.1) is 0 Å². The Bertz CT molecular complexity index is 1950. The molecule has 0 saturated carbocycles. The normalized spacial score (nSPS) is 15.4. The molecule has 0 unspecified atom stereocenters. The molecule has 1 aliphatic carbocycles. The van der Waals surface area contributed by atoms with Gasteiger partial charge < -0.3 is 10.2 Å². The van der Waals surface area contributed by atoms with Crippen LogP contribution in [0.25, 0.3) is 11.1 Å². The summed E-state index contributed by atoms with van der Waals surface area (Å²) in [7, 11) is 0. The van der Waals surface area contributed by atoms with E-state index < -0.39 is 0 Å². The predicted octanol–water partition coefficient (Wildman–Crippen LogP) is 13.8. The summed E-state index contributed by atoms with van der Waals surface area (Å²) in [5.74, 6) is 0. The monoisotopic (exact) mass is 648 g/mol. The third-order valence-electron chi connectivity index (χ3n) is 10.6. The zero-order valence-electron chi connectivity index (χ0n) is 31.8. The number of nitrogens with zero attached hydrogens (tertiary/aromatic N) is 1. The molecule has 0 aromatic heterocycles. The van der Waals surface area contributed by atoms with E-state index in [1.807, 2.05) is 0 Å². The van der Waals surface area contributed by atoms with Gasteiger partial charge in [-0.25, -0.2) is 0 Å². The van der Waals surface area contributed by atoms with Crippen molar-refractivity contribution in [3.8, 4) is 11.1 Å². The lowest BCUT2D eigenvalue weighted by Crippen LogP contribution is -2.34. The zero-order valence-corrected chi connectivity index (χ0v) is 31.8. The van der Waals surface area contributed by atoms with Crippen molar-refractivity contribution < 1.29 is 0 Å². The molecule has 0 aliphatic heterocycles. The smallest absolute Gasteiger partial charge is 0.0540 e. The second kappa shape index (κ2) is 12.5. The van der Waals surface area contributed by atoms with Crippen molar-refractivity contribution in [3.63, 3.8) is 0 Å². The molecule has 5 aromatic carbocycles. The first kappa shape index (κ1) is 34.6. The number of aryl methyl sites for hydroxylation is 1. The van der Waals surface area contributed by atoms with Gasteiger partial charge in [-0.3, -0.25) is 0 Å². The van der Waals surface area contributed by atoms with Crippen LogP contribution < -0.4 is 10.2 Å². The van der Waals surface area contributed by atoms with Gasteiger partial charge in [0.1, 0.15) is 0 Å². The summed E-state index contributed by atoms with van der Waals surface area (Å²) in [4.78, 5) is 2.49. The van der Waals surface area contributed by atoms with Crippen LogP contribution in [0.2, 0.25) is 0 Å². The Hall–Kier alpha value is -4.30. The van der Waals surface area contributed by atoms with E-state index in [4.69, 9.17) is 0 Å². The van der Waals surface area contributed by atoms with Gasteiger partial charge in [-0.2, -0.15) is 0 Å². The van der Waals surface area contributed by atoms with Crippen LogP contribution in [0.1, 0.15) is 110 Å². The number of hydrogen-bond acceptors (Lipinski definition) is 2. The van der Waals surface area contributed by atoms with Crippen LogP contribution in [-0.2, 0) is 21.7 Å². The second-order valence-electron chi connectivity index (χ2n) is 17.7. The van der Waals surface area contributed by atoms with E-state index in [2.05, 4.69) is 196 Å². The molecule has 6 rings (SSSR count). The Morgan fingerprint density at radius 2 is 1.16 bits per heavy atom. The fraction of sp³-hybridized carbons (Fsp3) is 0.362. The van der Waals surface area contributed by atoms with Crippen LogP contribution in [0.5, 0.6) is 0 Å². The molecule has 49 heavy (non-hydrogen) atoms. The maximum absolute atomic E-state index is 3.74. The Morgan fingerprint density at radius 1 is 0.551 bits per heavy atom. The first-order valence-electron chi connectivity index (χ1n) is 18.1. The highest BCUT2D eigenvalue weighted by molar-refractivity contribution is 5.90. The molecular formula is C47H56N2. The SMILES string of the molecule is Cc1cc(Nc2ccc(C(C)(C)C)cc2)cc(N(c2ccc3c(c2)C(C)(C)CCC3(C)C)c2ccc(C(C)(C)C)cc2-c2ccccc2)c1. The molecule has 0 atom stereocenters. The summed E-state index contributed by atoms with van der Waals surface area (Å²) in [6, 6.07) is 41.0. The Kier molecular flexibility index (Phi) is 8.85. The second-order valence-corrected chi connectivity index (χ2v) is 17.7. The lowest BCUT2D eigenvalue weighted by atomic mass is 9.63. The minimum Gasteiger partial charge on any atom is -0.355 e. The molecule has 1 N–H and O–H groups in total. The Morgan fingerprint density at radius 3 is 1.80 bits per heavy atom. The van der Waals surface area contributed by atoms with Crippen LogP contribution >= 0.6 is 0 Å². The van der Waals surface area contributed by atoms with E-state index in [0.29, 0.717) is 0 Å². The maximum Gasteiger partial charge on any atom is 0.0540 e. The van der Waals surface area contributed by atoms with Crippen molar-refractivity contribution in [3.05, 3.63) is 137 Å². The van der Waals surface area contributed by atoms with Crippen molar-refractivity contribution in [2.24, 2.45) is 0 Å². The van der Waals surface area contributed by atoms with Gasteiger partial charge in [-0.1, -0.05) is 124 Å². The van der Waals surface area contributed by atoms with E-state index in [0.717, 1.165) is 17.1 Å². The van der Waals surface area contributed by atoms with Gasteiger partial charge in [-0.05, 0) is 129 Å². The van der Waals surface area contributed by atoms with E-state index in [-0.39, 0.29) is 21.7 Å². The summed E-state index contributed by atoms with van der Waals surface area (Å²) in [5.41, 5.74) is 15.3. The number of fused-ring (bicyclic) bond motifs is 1. The van der Waals surface area contributed by atoms with Crippen molar-refractivity contribution in [2.45, 2.75) is 111 Å². The molecule has 0 spiro atoms. The van der Waals surface area contributed by atoms with Gasteiger partial charge >= 0.3 is 0 Å². The molecular weight excluding hydrogens is 593 g/mol. The van der Waals surface area contributed by atoms with Crippen LogP contribution in [0.15, 0.2) is 109 Å². The summed E-state index contributed by atoms with van der Waals surface area (Å²) >= 11 is 0. The fourth-order valence-electron chi connectivity index (χ4n) is 7.37. The summed E-state index contributed by atoms with van der Waals surface area (Å²) < 4.78 is 0. The summed E-state index contributed by atoms with van der Waals surface area (Å²) in [6.07, 6.45) is 2.38. The molecule has 2 heteroatoms. The van der Waals surface area contributed by atoms with Gasteiger partial charge in [0.2, 0.25) is 0 Å². The van der Waals surface area contributed by atoms with Crippen molar-refractivity contribution in [2.75, 3.05) is 10.2 Å². The first-order chi connectivity index (χ1) is 22.9. The first-order valence-corrected chi connectivity index (χ1v) is 18.1. The van der Waals surface area contributed by atoms with Gasteiger partial charge in [0.25, 0.3) is 0 Å². The Labute approximate surface area is 296 Å². The van der Waals surface area contributed by atoms with Crippen molar-refractivity contribution in [1.82, 2.24) is 0 Å². The van der Waals surface area contributed by atoms with Crippen LogP contribution in [0.3, 0.4) is 0 Å². The third-order valence-corrected chi connectivity index (χ3v) is 10.6. The summed E-state index contributed by atoms with van der Waals surface area (Å²) in [5, 5.41) is 3.74. The standard InChI is InChI=1S/C47H56N2/c1-32-27-37(48-36-20-17-34(18-21-36)44(2,3)4)30-39(28-32)49(38-22-23-41-42(31-38)47(10,11)26-25-46(41,8)9)43-24-19-35(45(5,6)7)29-40(43)33-15-13-12-14-16-33/h12-24,27-31,48H,25-26H2,1-11H3. The lowest BCUT2D eigenvalue weighted by molar-refractivity contribution is 0.332. The topological polar surface area (TPSA) is 15.3 Å². The molecule has 5 aromatic rings. The summed E-state index contributed by atoms with van der Waals surface area (Å²) in [6.45, 7) is 25.5. The van der Waals surface area contributed by atoms with Crippen LogP contribution in [0.4, 0.5) is 28.4 Å². The third kappa shape index (κ3) is 7.20.